The predicted octanol–water partition coefficient (Wildman–Crippen LogP) is 5.27. The molecule has 27 heavy (non-hydrogen) atoms. The van der Waals surface area contributed by atoms with Crippen molar-refractivity contribution < 1.29 is 0 Å². The van der Waals surface area contributed by atoms with Crippen LogP contribution in [-0.4, -0.2) is 20.0 Å². The third-order valence-corrected chi connectivity index (χ3v) is 5.41. The molecule has 4 aromatic rings. The van der Waals surface area contributed by atoms with E-state index in [1.54, 1.807) is 0 Å². The summed E-state index contributed by atoms with van der Waals surface area (Å²) in [7, 11) is 2.03. The number of H-pyrrole nitrogens is 1. The summed E-state index contributed by atoms with van der Waals surface area (Å²) in [4.78, 5) is 0. The Morgan fingerprint density at radius 3 is 2.44 bits per heavy atom. The highest BCUT2D eigenvalue weighted by Crippen LogP contribution is 2.34. The highest BCUT2D eigenvalue weighted by atomic mass is 15.3. The van der Waals surface area contributed by atoms with E-state index in [0.717, 1.165) is 17.6 Å². The summed E-state index contributed by atoms with van der Waals surface area (Å²) >= 11 is 0. The van der Waals surface area contributed by atoms with Crippen molar-refractivity contribution >= 4 is 21.8 Å². The van der Waals surface area contributed by atoms with Gasteiger partial charge in [-0.15, -0.1) is 0 Å². The summed E-state index contributed by atoms with van der Waals surface area (Å²) in [6.07, 6.45) is 0.938. The fourth-order valence-corrected chi connectivity index (χ4v) is 4.05. The molecule has 0 fully saturated rings. The Morgan fingerprint density at radius 2 is 1.70 bits per heavy atom. The zero-order valence-corrected chi connectivity index (χ0v) is 17.1. The van der Waals surface area contributed by atoms with Gasteiger partial charge in [0.25, 0.3) is 0 Å². The van der Waals surface area contributed by atoms with E-state index in [9.17, 15) is 0 Å². The Bertz CT molecular complexity index is 1120. The summed E-state index contributed by atoms with van der Waals surface area (Å²) < 4.78 is 1.99. The number of aromatic nitrogens is 4. The number of para-hydroxylation sites is 1. The number of aryl methyl sites for hydroxylation is 1. The van der Waals surface area contributed by atoms with Crippen LogP contribution < -0.4 is 0 Å². The molecule has 0 atom stereocenters. The molecule has 4 nitrogen and oxygen atoms in total. The van der Waals surface area contributed by atoms with Crippen LogP contribution in [0.5, 0.6) is 0 Å². The number of aromatic amines is 1. The normalized spacial score (nSPS) is 13.0. The van der Waals surface area contributed by atoms with Crippen LogP contribution in [0, 0.1) is 0 Å². The standard InChI is InChI=1S/C23H28N4/c1-22(2,3)20-17-13-15(11-12-19(17)27(6)26-20)14-23(4,5)21-16-9-7-8-10-18(16)24-25-21/h7-13H,14H2,1-6H3,(H,24,25). The largest absolute Gasteiger partial charge is 0.281 e. The Labute approximate surface area is 160 Å². The maximum Gasteiger partial charge on any atom is 0.0923 e. The zero-order valence-electron chi connectivity index (χ0n) is 17.1. The summed E-state index contributed by atoms with van der Waals surface area (Å²) in [6.45, 7) is 11.2. The number of hydrogen-bond donors (Lipinski definition) is 1. The smallest absolute Gasteiger partial charge is 0.0923 e. The van der Waals surface area contributed by atoms with Gasteiger partial charge in [-0.3, -0.25) is 9.78 Å². The lowest BCUT2D eigenvalue weighted by atomic mass is 9.80. The van der Waals surface area contributed by atoms with Crippen LogP contribution in [0.3, 0.4) is 0 Å². The van der Waals surface area contributed by atoms with Gasteiger partial charge in [-0.1, -0.05) is 58.9 Å². The second-order valence-electron chi connectivity index (χ2n) is 9.25. The van der Waals surface area contributed by atoms with E-state index < -0.39 is 0 Å². The average Bonchev–Trinajstić information content (AvgIpc) is 3.16. The van der Waals surface area contributed by atoms with Crippen LogP contribution in [0.1, 0.15) is 51.6 Å². The lowest BCUT2D eigenvalue weighted by Gasteiger charge is -2.24. The maximum absolute atomic E-state index is 4.79. The van der Waals surface area contributed by atoms with E-state index in [4.69, 9.17) is 5.10 Å². The molecule has 2 aromatic heterocycles. The first kappa shape index (κ1) is 17.8. The third kappa shape index (κ3) is 3.03. The molecule has 0 saturated carbocycles. The van der Waals surface area contributed by atoms with Crippen LogP contribution in [0.2, 0.25) is 0 Å². The van der Waals surface area contributed by atoms with Gasteiger partial charge in [0, 0.05) is 34.3 Å². The Hall–Kier alpha value is -2.62. The molecular weight excluding hydrogens is 332 g/mol. The summed E-state index contributed by atoms with van der Waals surface area (Å²) in [5, 5.41) is 15.0. The van der Waals surface area contributed by atoms with Crippen LogP contribution >= 0.6 is 0 Å². The molecule has 0 spiro atoms. The number of benzene rings is 2. The van der Waals surface area contributed by atoms with Gasteiger partial charge < -0.3 is 0 Å². The second kappa shape index (κ2) is 5.95. The number of fused-ring (bicyclic) bond motifs is 2. The van der Waals surface area contributed by atoms with E-state index in [1.807, 2.05) is 17.8 Å². The Kier molecular flexibility index (Phi) is 3.91. The molecule has 0 radical (unpaired) electrons. The topological polar surface area (TPSA) is 46.5 Å². The van der Waals surface area contributed by atoms with Crippen LogP contribution in [0.25, 0.3) is 21.8 Å². The molecule has 4 rings (SSSR count). The van der Waals surface area contributed by atoms with E-state index in [0.29, 0.717) is 0 Å². The summed E-state index contributed by atoms with van der Waals surface area (Å²) in [5.74, 6) is 0. The Balaban J connectivity index is 1.76. The first-order valence-electron chi connectivity index (χ1n) is 9.56. The van der Waals surface area contributed by atoms with Gasteiger partial charge in [0.1, 0.15) is 0 Å². The number of nitrogens with one attached hydrogen (secondary N) is 1. The molecule has 0 amide bonds. The quantitative estimate of drug-likeness (QED) is 0.541. The fraction of sp³-hybridized carbons (Fsp3) is 0.391. The SMILES string of the molecule is Cn1nc(C(C)(C)C)c2cc(CC(C)(C)c3[nH]nc4ccccc34)ccc21. The van der Waals surface area contributed by atoms with E-state index in [-0.39, 0.29) is 10.8 Å². The highest BCUT2D eigenvalue weighted by Gasteiger charge is 2.27. The van der Waals surface area contributed by atoms with Gasteiger partial charge in [0.15, 0.2) is 0 Å². The van der Waals surface area contributed by atoms with Gasteiger partial charge in [-0.05, 0) is 30.2 Å². The van der Waals surface area contributed by atoms with Crippen molar-refractivity contribution in [2.45, 2.75) is 51.9 Å². The highest BCUT2D eigenvalue weighted by molar-refractivity contribution is 5.84. The molecule has 140 valence electrons. The van der Waals surface area contributed by atoms with Gasteiger partial charge >= 0.3 is 0 Å². The minimum atomic E-state index is -0.0477. The van der Waals surface area contributed by atoms with Crippen molar-refractivity contribution in [2.24, 2.45) is 7.05 Å². The predicted molar refractivity (Wildman–Crippen MR) is 112 cm³/mol. The van der Waals surface area contributed by atoms with Gasteiger partial charge in [-0.2, -0.15) is 10.2 Å². The number of hydrogen-bond acceptors (Lipinski definition) is 2. The molecule has 0 unspecified atom stereocenters. The van der Waals surface area contributed by atoms with Crippen molar-refractivity contribution in [3.05, 3.63) is 59.4 Å². The van der Waals surface area contributed by atoms with Gasteiger partial charge in [0.2, 0.25) is 0 Å². The lowest BCUT2D eigenvalue weighted by molar-refractivity contribution is 0.508. The van der Waals surface area contributed by atoms with Crippen molar-refractivity contribution in [1.82, 2.24) is 20.0 Å². The first-order chi connectivity index (χ1) is 12.7. The van der Waals surface area contributed by atoms with Crippen molar-refractivity contribution in [3.8, 4) is 0 Å². The lowest BCUT2D eigenvalue weighted by Crippen LogP contribution is -2.21. The molecule has 0 aliphatic heterocycles. The van der Waals surface area contributed by atoms with Crippen LogP contribution in [0.15, 0.2) is 42.5 Å². The third-order valence-electron chi connectivity index (χ3n) is 5.41. The van der Waals surface area contributed by atoms with Crippen LogP contribution in [-0.2, 0) is 24.3 Å². The molecule has 0 saturated heterocycles. The fourth-order valence-electron chi connectivity index (χ4n) is 4.05. The molecule has 2 heterocycles. The minimum Gasteiger partial charge on any atom is -0.281 e. The Morgan fingerprint density at radius 1 is 0.963 bits per heavy atom. The maximum atomic E-state index is 4.79. The molecule has 0 aliphatic carbocycles. The number of rotatable bonds is 3. The van der Waals surface area contributed by atoms with Crippen molar-refractivity contribution in [1.29, 1.82) is 0 Å². The van der Waals surface area contributed by atoms with Gasteiger partial charge in [0.05, 0.1) is 16.7 Å². The molecule has 0 aliphatic rings. The second-order valence-corrected chi connectivity index (χ2v) is 9.25. The average molecular weight is 361 g/mol. The van der Waals surface area contributed by atoms with Gasteiger partial charge in [-0.25, -0.2) is 0 Å². The molecule has 0 bridgehead atoms. The first-order valence-corrected chi connectivity index (χ1v) is 9.56. The van der Waals surface area contributed by atoms with E-state index >= 15 is 0 Å². The molecule has 4 heteroatoms. The molecule has 1 N–H and O–H groups in total. The molecule has 2 aromatic carbocycles. The monoisotopic (exact) mass is 360 g/mol. The van der Waals surface area contributed by atoms with Crippen LogP contribution in [0.4, 0.5) is 0 Å². The summed E-state index contributed by atoms with van der Waals surface area (Å²) in [6, 6.07) is 15.1. The minimum absolute atomic E-state index is 0.0211. The molecular formula is C23H28N4. The van der Waals surface area contributed by atoms with Crippen molar-refractivity contribution in [2.75, 3.05) is 0 Å². The van der Waals surface area contributed by atoms with Crippen molar-refractivity contribution in [3.63, 3.8) is 0 Å². The zero-order chi connectivity index (χ0) is 19.4. The van der Waals surface area contributed by atoms with E-state index in [1.165, 1.54) is 27.5 Å². The summed E-state index contributed by atoms with van der Waals surface area (Å²) in [5.41, 5.74) is 5.87. The number of nitrogens with zero attached hydrogens (tertiary/aromatic N) is 3. The van der Waals surface area contributed by atoms with E-state index in [2.05, 4.69) is 81.2 Å².